The van der Waals surface area contributed by atoms with Crippen LogP contribution in [0.25, 0.3) is 0 Å². The van der Waals surface area contributed by atoms with Gasteiger partial charge < -0.3 is 15.0 Å². The number of nitrogens with one attached hydrogen (secondary N) is 1. The van der Waals surface area contributed by atoms with E-state index in [1.54, 1.807) is 4.90 Å². The van der Waals surface area contributed by atoms with Crippen molar-refractivity contribution in [1.82, 2.24) is 10.2 Å². The second kappa shape index (κ2) is 7.43. The van der Waals surface area contributed by atoms with Gasteiger partial charge in [0.05, 0.1) is 13.0 Å². The van der Waals surface area contributed by atoms with E-state index < -0.39 is 0 Å². The topological polar surface area (TPSA) is 58.6 Å². The van der Waals surface area contributed by atoms with Gasteiger partial charge in [0.25, 0.3) is 0 Å². The van der Waals surface area contributed by atoms with Gasteiger partial charge in [-0.25, -0.2) is 4.79 Å². The zero-order valence-electron chi connectivity index (χ0n) is 13.8. The van der Waals surface area contributed by atoms with Crippen LogP contribution in [-0.4, -0.2) is 43.1 Å². The molecular formula is C18H23ClN2O3. The number of hydrogen-bond donors (Lipinski definition) is 1. The van der Waals surface area contributed by atoms with Crippen molar-refractivity contribution in [1.29, 1.82) is 0 Å². The molecule has 1 saturated carbocycles. The van der Waals surface area contributed by atoms with Crippen molar-refractivity contribution in [3.05, 3.63) is 34.9 Å². The molecule has 3 rings (SSSR count). The van der Waals surface area contributed by atoms with Gasteiger partial charge in [0.1, 0.15) is 0 Å². The lowest BCUT2D eigenvalue weighted by Gasteiger charge is -2.38. The van der Waals surface area contributed by atoms with Crippen LogP contribution < -0.4 is 5.32 Å². The van der Waals surface area contributed by atoms with Crippen molar-refractivity contribution < 1.29 is 14.3 Å². The first-order valence-corrected chi connectivity index (χ1v) is 8.83. The van der Waals surface area contributed by atoms with Crippen LogP contribution in [0.1, 0.15) is 37.2 Å². The summed E-state index contributed by atoms with van der Waals surface area (Å²) in [5.74, 6) is 0.259. The van der Waals surface area contributed by atoms with E-state index in [0.717, 1.165) is 17.9 Å². The highest BCUT2D eigenvalue weighted by molar-refractivity contribution is 6.30. The van der Waals surface area contributed by atoms with Crippen LogP contribution >= 0.6 is 11.6 Å². The molecule has 0 atom stereocenters. The maximum absolute atomic E-state index is 12.3. The number of methoxy groups -OCH3 is 1. The van der Waals surface area contributed by atoms with Gasteiger partial charge in [-0.05, 0) is 49.3 Å². The summed E-state index contributed by atoms with van der Waals surface area (Å²) in [7, 11) is 1.41. The zero-order valence-corrected chi connectivity index (χ0v) is 14.6. The predicted molar refractivity (Wildman–Crippen MR) is 92.1 cm³/mol. The zero-order chi connectivity index (χ0) is 17.1. The molecule has 0 spiro atoms. The molecule has 1 aliphatic carbocycles. The van der Waals surface area contributed by atoms with Crippen LogP contribution in [0.15, 0.2) is 24.3 Å². The summed E-state index contributed by atoms with van der Waals surface area (Å²) in [6.07, 6.45) is 3.29. The third-order valence-electron chi connectivity index (χ3n) is 5.12. The van der Waals surface area contributed by atoms with Crippen molar-refractivity contribution in [3.63, 3.8) is 0 Å². The summed E-state index contributed by atoms with van der Waals surface area (Å²) in [6, 6.07) is 8.16. The highest BCUT2D eigenvalue weighted by Gasteiger charge is 2.34. The summed E-state index contributed by atoms with van der Waals surface area (Å²) in [4.78, 5) is 25.6. The van der Waals surface area contributed by atoms with E-state index in [1.807, 2.05) is 12.1 Å². The molecule has 0 unspecified atom stereocenters. The molecule has 2 fully saturated rings. The van der Waals surface area contributed by atoms with Gasteiger partial charge in [-0.3, -0.25) is 4.79 Å². The van der Waals surface area contributed by atoms with Gasteiger partial charge >= 0.3 is 12.0 Å². The van der Waals surface area contributed by atoms with E-state index in [4.69, 9.17) is 16.3 Å². The summed E-state index contributed by atoms with van der Waals surface area (Å²) >= 11 is 5.91. The molecule has 24 heavy (non-hydrogen) atoms. The summed E-state index contributed by atoms with van der Waals surface area (Å²) in [5.41, 5.74) is 1.28. The molecule has 0 aromatic heterocycles. The molecule has 130 valence electrons. The van der Waals surface area contributed by atoms with E-state index in [0.29, 0.717) is 31.8 Å². The molecule has 1 N–H and O–H groups in total. The van der Waals surface area contributed by atoms with Gasteiger partial charge in [-0.1, -0.05) is 23.7 Å². The lowest BCUT2D eigenvalue weighted by atomic mass is 9.76. The number of ether oxygens (including phenoxy) is 1. The fraction of sp³-hybridized carbons (Fsp3) is 0.556. The summed E-state index contributed by atoms with van der Waals surface area (Å²) in [5, 5.41) is 3.85. The van der Waals surface area contributed by atoms with Crippen LogP contribution in [0.4, 0.5) is 4.79 Å². The molecule has 1 aliphatic heterocycles. The number of nitrogens with zero attached hydrogens (tertiary/aromatic N) is 1. The Morgan fingerprint density at radius 2 is 1.79 bits per heavy atom. The summed E-state index contributed by atoms with van der Waals surface area (Å²) in [6.45, 7) is 1.22. The molecule has 2 aliphatic rings. The number of halogens is 1. The number of piperidine rings is 1. The number of carbonyl (C=O) groups excluding carboxylic acids is 2. The van der Waals surface area contributed by atoms with Crippen LogP contribution in [0.3, 0.4) is 0 Å². The highest BCUT2D eigenvalue weighted by atomic mass is 35.5. The number of rotatable bonds is 3. The molecule has 1 aromatic rings. The Bertz CT molecular complexity index is 591. The fourth-order valence-electron chi connectivity index (χ4n) is 3.49. The van der Waals surface area contributed by atoms with E-state index in [9.17, 15) is 9.59 Å². The van der Waals surface area contributed by atoms with Crippen LogP contribution in [0, 0.1) is 5.92 Å². The number of esters is 1. The molecule has 1 heterocycles. The normalized spacial score (nSPS) is 24.2. The van der Waals surface area contributed by atoms with Crippen molar-refractivity contribution >= 4 is 23.6 Å². The van der Waals surface area contributed by atoms with Crippen molar-refractivity contribution in [2.24, 2.45) is 5.92 Å². The van der Waals surface area contributed by atoms with Crippen molar-refractivity contribution in [2.75, 3.05) is 20.2 Å². The van der Waals surface area contributed by atoms with Gasteiger partial charge in [-0.2, -0.15) is 0 Å². The van der Waals surface area contributed by atoms with Crippen LogP contribution in [0.5, 0.6) is 0 Å². The van der Waals surface area contributed by atoms with Crippen molar-refractivity contribution in [3.8, 4) is 0 Å². The SMILES string of the molecule is COC(=O)C1CCN(C(=O)NC2CC(c3ccc(Cl)cc3)C2)CC1. The van der Waals surface area contributed by atoms with Gasteiger partial charge in [0, 0.05) is 24.2 Å². The Balaban J connectivity index is 1.41. The minimum atomic E-state index is -0.167. The highest BCUT2D eigenvalue weighted by Crippen LogP contribution is 2.37. The minimum Gasteiger partial charge on any atom is -0.469 e. The van der Waals surface area contributed by atoms with E-state index in [1.165, 1.54) is 12.7 Å². The number of carbonyl (C=O) groups is 2. The smallest absolute Gasteiger partial charge is 0.317 e. The molecule has 0 bridgehead atoms. The Morgan fingerprint density at radius 3 is 2.38 bits per heavy atom. The maximum Gasteiger partial charge on any atom is 0.317 e. The first-order chi connectivity index (χ1) is 11.6. The largest absolute Gasteiger partial charge is 0.469 e. The van der Waals surface area contributed by atoms with Gasteiger partial charge in [0.2, 0.25) is 0 Å². The number of hydrogen-bond acceptors (Lipinski definition) is 3. The molecule has 6 heteroatoms. The Morgan fingerprint density at radius 1 is 1.17 bits per heavy atom. The minimum absolute atomic E-state index is 0.0159. The number of urea groups is 1. The molecule has 2 amide bonds. The van der Waals surface area contributed by atoms with E-state index in [2.05, 4.69) is 17.4 Å². The fourth-order valence-corrected chi connectivity index (χ4v) is 3.62. The van der Waals surface area contributed by atoms with Crippen LogP contribution in [-0.2, 0) is 9.53 Å². The second-order valence-corrected chi connectivity index (χ2v) is 7.09. The predicted octanol–water partition coefficient (Wildman–Crippen LogP) is 3.18. The first-order valence-electron chi connectivity index (χ1n) is 8.45. The quantitative estimate of drug-likeness (QED) is 0.852. The van der Waals surface area contributed by atoms with E-state index >= 15 is 0 Å². The molecule has 0 radical (unpaired) electrons. The molecular weight excluding hydrogens is 328 g/mol. The third kappa shape index (κ3) is 3.83. The van der Waals surface area contributed by atoms with Gasteiger partial charge in [-0.15, -0.1) is 0 Å². The summed E-state index contributed by atoms with van der Waals surface area (Å²) < 4.78 is 4.77. The maximum atomic E-state index is 12.3. The third-order valence-corrected chi connectivity index (χ3v) is 5.38. The number of likely N-dealkylation sites (tertiary alicyclic amines) is 1. The van der Waals surface area contributed by atoms with Crippen LogP contribution in [0.2, 0.25) is 5.02 Å². The van der Waals surface area contributed by atoms with E-state index in [-0.39, 0.29) is 24.0 Å². The molecule has 5 nitrogen and oxygen atoms in total. The molecule has 1 saturated heterocycles. The number of amides is 2. The average Bonchev–Trinajstić information content (AvgIpc) is 2.58. The standard InChI is InChI=1S/C18H23ClN2O3/c1-24-17(22)13-6-8-21(9-7-13)18(23)20-16-10-14(11-16)12-2-4-15(19)5-3-12/h2-5,13-14,16H,6-11H2,1H3,(H,20,23). The lowest BCUT2D eigenvalue weighted by Crippen LogP contribution is -2.51. The monoisotopic (exact) mass is 350 g/mol. The van der Waals surface area contributed by atoms with Gasteiger partial charge in [0.15, 0.2) is 0 Å². The Kier molecular flexibility index (Phi) is 5.29. The second-order valence-electron chi connectivity index (χ2n) is 6.65. The Labute approximate surface area is 147 Å². The van der Waals surface area contributed by atoms with Crippen molar-refractivity contribution in [2.45, 2.75) is 37.6 Å². The average molecular weight is 351 g/mol. The lowest BCUT2D eigenvalue weighted by molar-refractivity contribution is -0.146. The Hall–Kier alpha value is -1.75. The molecule has 1 aromatic carbocycles. The number of benzene rings is 1. The first kappa shape index (κ1) is 17.1.